The molecule has 0 spiro atoms. The summed E-state index contributed by atoms with van der Waals surface area (Å²) in [5.41, 5.74) is 2.30. The lowest BCUT2D eigenvalue weighted by molar-refractivity contribution is -0.168. The molecule has 12 heteroatoms. The minimum atomic E-state index is -0.948. The number of carbonyl (C=O) groups is 5. The van der Waals surface area contributed by atoms with Crippen LogP contribution in [0.25, 0.3) is 0 Å². The predicted molar refractivity (Wildman–Crippen MR) is 170 cm³/mol. The van der Waals surface area contributed by atoms with Crippen LogP contribution in [0.2, 0.25) is 5.02 Å². The largest absolute Gasteiger partial charge is 0.433 e. The van der Waals surface area contributed by atoms with Crippen molar-refractivity contribution < 1.29 is 33.4 Å². The average molecular weight is 647 g/mol. The van der Waals surface area contributed by atoms with Crippen LogP contribution in [0.5, 0.6) is 0 Å². The second-order valence-electron chi connectivity index (χ2n) is 11.3. The fraction of sp³-hybridized carbons (Fsp3) is 0.324. The van der Waals surface area contributed by atoms with E-state index in [2.05, 4.69) is 16.0 Å². The topological polar surface area (TPSA) is 143 Å². The molecular formula is C34H35ClN4O7. The molecule has 2 aliphatic rings. The van der Waals surface area contributed by atoms with Crippen LogP contribution in [0, 0.1) is 0 Å². The molecule has 46 heavy (non-hydrogen) atoms. The smallest absolute Gasteiger partial charge is 0.310 e. The fourth-order valence-corrected chi connectivity index (χ4v) is 5.69. The Morgan fingerprint density at radius 1 is 1.00 bits per heavy atom. The number of cyclic esters (lactones) is 1. The molecule has 2 heterocycles. The van der Waals surface area contributed by atoms with E-state index in [0.29, 0.717) is 25.1 Å². The Balaban J connectivity index is 1.14. The Kier molecular flexibility index (Phi) is 10.7. The van der Waals surface area contributed by atoms with E-state index in [1.165, 1.54) is 23.1 Å². The number of amides is 4. The van der Waals surface area contributed by atoms with Crippen LogP contribution in [0.1, 0.15) is 47.7 Å². The van der Waals surface area contributed by atoms with E-state index >= 15 is 0 Å². The van der Waals surface area contributed by atoms with Gasteiger partial charge < -0.3 is 30.3 Å². The molecule has 3 N–H and O–H groups in total. The first kappa shape index (κ1) is 32.6. The molecule has 2 saturated heterocycles. The van der Waals surface area contributed by atoms with Crippen molar-refractivity contribution in [2.24, 2.45) is 0 Å². The summed E-state index contributed by atoms with van der Waals surface area (Å²) in [5, 5.41) is 8.43. The molecule has 4 amide bonds. The zero-order valence-corrected chi connectivity index (χ0v) is 26.0. The van der Waals surface area contributed by atoms with Crippen LogP contribution in [0.4, 0.5) is 5.69 Å². The number of nitrogens with zero attached hydrogens (tertiary/aromatic N) is 1. The number of hydrogen-bond acceptors (Lipinski definition) is 7. The van der Waals surface area contributed by atoms with Crippen molar-refractivity contribution in [1.82, 2.24) is 15.5 Å². The van der Waals surface area contributed by atoms with Gasteiger partial charge in [0.2, 0.25) is 24.0 Å². The van der Waals surface area contributed by atoms with Crippen molar-refractivity contribution in [3.05, 3.63) is 101 Å². The summed E-state index contributed by atoms with van der Waals surface area (Å²) in [6, 6.07) is 20.7. The first-order valence-electron chi connectivity index (χ1n) is 15.1. The molecule has 5 rings (SSSR count). The molecule has 4 atom stereocenters. The Morgan fingerprint density at radius 3 is 2.39 bits per heavy atom. The van der Waals surface area contributed by atoms with Crippen molar-refractivity contribution >= 4 is 46.9 Å². The number of halogens is 1. The standard InChI is InChI=1S/C34H35ClN4O7/c1-21(36-31(42)24-14-15-26(25(35)18-24)37-29(40)17-22-9-4-2-5-10-22)33(44)39-16-8-13-28(39)32(43)38-27-19-30(41)46-34(27)45-20-23-11-6-3-7-12-23/h2-7,9-12,14-15,18,21,27-28,34H,8,13,16-17,19-20H2,1H3,(H,36,42)(H,37,40)(H,38,43)/t21-,27-,28-,34?/m0/s1. The molecule has 0 saturated carbocycles. The molecule has 2 fully saturated rings. The van der Waals surface area contributed by atoms with Gasteiger partial charge in [-0.3, -0.25) is 24.0 Å². The van der Waals surface area contributed by atoms with Gasteiger partial charge in [-0.25, -0.2) is 0 Å². The third kappa shape index (κ3) is 8.29. The molecule has 240 valence electrons. The van der Waals surface area contributed by atoms with Gasteiger partial charge >= 0.3 is 5.97 Å². The zero-order valence-electron chi connectivity index (χ0n) is 25.2. The van der Waals surface area contributed by atoms with Gasteiger partial charge in [0.05, 0.1) is 30.2 Å². The Labute approximate surface area is 271 Å². The highest BCUT2D eigenvalue weighted by atomic mass is 35.5. The summed E-state index contributed by atoms with van der Waals surface area (Å²) in [6.07, 6.45) is 0.212. The molecule has 0 bridgehead atoms. The van der Waals surface area contributed by atoms with Crippen molar-refractivity contribution in [1.29, 1.82) is 0 Å². The molecule has 3 aromatic rings. The highest BCUT2D eigenvalue weighted by molar-refractivity contribution is 6.34. The summed E-state index contributed by atoms with van der Waals surface area (Å²) in [5.74, 6) is -2.11. The van der Waals surface area contributed by atoms with E-state index in [1.807, 2.05) is 60.7 Å². The molecule has 0 aliphatic carbocycles. The number of esters is 1. The first-order valence-corrected chi connectivity index (χ1v) is 15.5. The highest BCUT2D eigenvalue weighted by Gasteiger charge is 2.41. The molecule has 1 unspecified atom stereocenters. The molecule has 0 aromatic heterocycles. The Morgan fingerprint density at radius 2 is 1.70 bits per heavy atom. The van der Waals surface area contributed by atoms with Gasteiger partial charge in [-0.1, -0.05) is 72.3 Å². The fourth-order valence-electron chi connectivity index (χ4n) is 5.46. The molecular weight excluding hydrogens is 612 g/mol. The first-order chi connectivity index (χ1) is 22.2. The van der Waals surface area contributed by atoms with E-state index in [4.69, 9.17) is 21.1 Å². The lowest BCUT2D eigenvalue weighted by atomic mass is 10.1. The number of ether oxygens (including phenoxy) is 2. The minimum absolute atomic E-state index is 0.0453. The van der Waals surface area contributed by atoms with Crippen LogP contribution in [-0.4, -0.2) is 65.5 Å². The van der Waals surface area contributed by atoms with Crippen LogP contribution < -0.4 is 16.0 Å². The summed E-state index contributed by atoms with van der Waals surface area (Å²) < 4.78 is 11.1. The van der Waals surface area contributed by atoms with E-state index in [1.54, 1.807) is 6.92 Å². The second kappa shape index (κ2) is 15.0. The van der Waals surface area contributed by atoms with Crippen molar-refractivity contribution in [2.45, 2.75) is 63.6 Å². The highest BCUT2D eigenvalue weighted by Crippen LogP contribution is 2.25. The van der Waals surface area contributed by atoms with E-state index in [-0.39, 0.29) is 35.9 Å². The maximum Gasteiger partial charge on any atom is 0.310 e. The number of nitrogens with one attached hydrogen (secondary N) is 3. The van der Waals surface area contributed by atoms with Gasteiger partial charge in [0.25, 0.3) is 5.91 Å². The molecule has 3 aromatic carbocycles. The van der Waals surface area contributed by atoms with Gasteiger partial charge in [-0.2, -0.15) is 0 Å². The number of likely N-dealkylation sites (tertiary alicyclic amines) is 1. The number of benzene rings is 3. The number of carbonyl (C=O) groups excluding carboxylic acids is 5. The normalized spacial score (nSPS) is 19.7. The SMILES string of the molecule is C[C@H](NC(=O)c1ccc(NC(=O)Cc2ccccc2)c(Cl)c1)C(=O)N1CCC[C@H]1C(=O)N[C@H]1CC(=O)OC1OCc1ccccc1. The zero-order chi connectivity index (χ0) is 32.6. The maximum atomic E-state index is 13.4. The third-order valence-electron chi connectivity index (χ3n) is 7.82. The van der Waals surface area contributed by atoms with Crippen molar-refractivity contribution in [2.75, 3.05) is 11.9 Å². The van der Waals surface area contributed by atoms with Crippen LogP contribution in [-0.2, 0) is 41.7 Å². The summed E-state index contributed by atoms with van der Waals surface area (Å²) >= 11 is 6.36. The maximum absolute atomic E-state index is 13.4. The van der Waals surface area contributed by atoms with E-state index in [0.717, 1.165) is 11.1 Å². The lowest BCUT2D eigenvalue weighted by Crippen LogP contribution is -2.54. The summed E-state index contributed by atoms with van der Waals surface area (Å²) in [7, 11) is 0. The van der Waals surface area contributed by atoms with Crippen LogP contribution >= 0.6 is 11.6 Å². The van der Waals surface area contributed by atoms with Gasteiger partial charge in [0.15, 0.2) is 0 Å². The summed E-state index contributed by atoms with van der Waals surface area (Å²) in [6.45, 7) is 2.09. The second-order valence-corrected chi connectivity index (χ2v) is 11.7. The summed E-state index contributed by atoms with van der Waals surface area (Å²) in [4.78, 5) is 65.6. The van der Waals surface area contributed by atoms with Gasteiger partial charge in [-0.15, -0.1) is 0 Å². The lowest BCUT2D eigenvalue weighted by Gasteiger charge is -2.28. The average Bonchev–Trinajstić information content (AvgIpc) is 3.68. The van der Waals surface area contributed by atoms with Gasteiger partial charge in [0, 0.05) is 12.1 Å². The molecule has 11 nitrogen and oxygen atoms in total. The quantitative estimate of drug-likeness (QED) is 0.270. The number of hydrogen-bond donors (Lipinski definition) is 3. The molecule has 0 radical (unpaired) electrons. The monoisotopic (exact) mass is 646 g/mol. The van der Waals surface area contributed by atoms with E-state index in [9.17, 15) is 24.0 Å². The van der Waals surface area contributed by atoms with Crippen LogP contribution in [0.15, 0.2) is 78.9 Å². The molecule has 2 aliphatic heterocycles. The third-order valence-corrected chi connectivity index (χ3v) is 8.13. The van der Waals surface area contributed by atoms with Crippen molar-refractivity contribution in [3.8, 4) is 0 Å². The number of anilines is 1. The minimum Gasteiger partial charge on any atom is -0.433 e. The van der Waals surface area contributed by atoms with E-state index < -0.39 is 48.1 Å². The van der Waals surface area contributed by atoms with Gasteiger partial charge in [-0.05, 0) is 49.1 Å². The number of rotatable bonds is 11. The van der Waals surface area contributed by atoms with Gasteiger partial charge in [0.1, 0.15) is 18.1 Å². The van der Waals surface area contributed by atoms with Crippen molar-refractivity contribution in [3.63, 3.8) is 0 Å². The Hall–Kier alpha value is -4.74. The van der Waals surface area contributed by atoms with Crippen LogP contribution in [0.3, 0.4) is 0 Å². The Bertz CT molecular complexity index is 1590. The predicted octanol–water partition coefficient (Wildman–Crippen LogP) is 3.61.